The number of unbranched alkanes of at least 4 members (excludes halogenated alkanes) is 1. The summed E-state index contributed by atoms with van der Waals surface area (Å²) in [6.07, 6.45) is 6.07. The van der Waals surface area contributed by atoms with E-state index in [1.807, 2.05) is 18.2 Å². The predicted molar refractivity (Wildman–Crippen MR) is 72.0 cm³/mol. The lowest BCUT2D eigenvalue weighted by Crippen LogP contribution is -2.17. The van der Waals surface area contributed by atoms with Crippen LogP contribution in [0.5, 0.6) is 5.75 Å². The molecular formula is C14H20ClNO. The number of hydrogen-bond acceptors (Lipinski definition) is 2. The first-order valence-corrected chi connectivity index (χ1v) is 6.74. The van der Waals surface area contributed by atoms with Crippen LogP contribution in [-0.2, 0) is 6.42 Å². The molecule has 1 aromatic carbocycles. The number of hydrogen-bond donors (Lipinski definition) is 1. The van der Waals surface area contributed by atoms with Crippen molar-refractivity contribution in [3.63, 3.8) is 0 Å². The van der Waals surface area contributed by atoms with Crippen molar-refractivity contribution < 1.29 is 4.74 Å². The third-order valence-corrected chi connectivity index (χ3v) is 3.51. The Kier molecular flexibility index (Phi) is 4.69. The third kappa shape index (κ3) is 3.90. The maximum atomic E-state index is 6.19. The van der Waals surface area contributed by atoms with Gasteiger partial charge in [-0.05, 0) is 50.8 Å². The van der Waals surface area contributed by atoms with Crippen LogP contribution < -0.4 is 10.1 Å². The molecule has 0 aromatic heterocycles. The average Bonchev–Trinajstić information content (AvgIpc) is 3.14. The molecule has 0 bridgehead atoms. The first-order valence-electron chi connectivity index (χ1n) is 6.36. The first kappa shape index (κ1) is 12.7. The summed E-state index contributed by atoms with van der Waals surface area (Å²) in [7, 11) is 1.70. The lowest BCUT2D eigenvalue weighted by Gasteiger charge is -2.10. The number of methoxy groups -OCH3 is 1. The smallest absolute Gasteiger partial charge is 0.123 e. The van der Waals surface area contributed by atoms with Gasteiger partial charge in [0.2, 0.25) is 0 Å². The molecule has 1 aromatic rings. The van der Waals surface area contributed by atoms with Crippen LogP contribution in [0, 0.1) is 0 Å². The summed E-state index contributed by atoms with van der Waals surface area (Å²) in [5.74, 6) is 0.910. The molecule has 1 N–H and O–H groups in total. The van der Waals surface area contributed by atoms with Gasteiger partial charge in [0.25, 0.3) is 0 Å². The van der Waals surface area contributed by atoms with Crippen molar-refractivity contribution in [2.24, 2.45) is 0 Å². The second-order valence-corrected chi connectivity index (χ2v) is 5.01. The molecule has 3 heteroatoms. The zero-order chi connectivity index (χ0) is 12.1. The van der Waals surface area contributed by atoms with E-state index in [1.54, 1.807) is 7.11 Å². The maximum Gasteiger partial charge on any atom is 0.123 e. The predicted octanol–water partition coefficient (Wildman–Crippen LogP) is 3.42. The average molecular weight is 254 g/mol. The zero-order valence-corrected chi connectivity index (χ0v) is 11.1. The van der Waals surface area contributed by atoms with Crippen molar-refractivity contribution in [2.45, 2.75) is 38.1 Å². The summed E-state index contributed by atoms with van der Waals surface area (Å²) in [5.41, 5.74) is 1.14. The summed E-state index contributed by atoms with van der Waals surface area (Å²) >= 11 is 6.19. The summed E-state index contributed by atoms with van der Waals surface area (Å²) in [4.78, 5) is 0. The van der Waals surface area contributed by atoms with Gasteiger partial charge in [-0.2, -0.15) is 0 Å². The van der Waals surface area contributed by atoms with Crippen molar-refractivity contribution in [3.05, 3.63) is 28.8 Å². The molecule has 0 aliphatic heterocycles. The molecule has 1 aliphatic carbocycles. The lowest BCUT2D eigenvalue weighted by molar-refractivity contribution is 0.409. The molecule has 0 radical (unpaired) electrons. The topological polar surface area (TPSA) is 21.3 Å². The van der Waals surface area contributed by atoms with Crippen molar-refractivity contribution in [1.82, 2.24) is 5.32 Å². The fourth-order valence-electron chi connectivity index (χ4n) is 1.99. The SMILES string of the molecule is COc1cccc(Cl)c1CCCCNC1CC1. The number of benzene rings is 1. The fraction of sp³-hybridized carbons (Fsp3) is 0.571. The standard InChI is InChI=1S/C14H20ClNO/c1-17-14-7-4-6-13(15)12(14)5-2-3-10-16-11-8-9-11/h4,6-7,11,16H,2-3,5,8-10H2,1H3. The molecule has 2 rings (SSSR count). The quantitative estimate of drug-likeness (QED) is 0.752. The normalized spacial score (nSPS) is 14.9. The highest BCUT2D eigenvalue weighted by Gasteiger charge is 2.19. The van der Waals surface area contributed by atoms with Gasteiger partial charge in [-0.1, -0.05) is 17.7 Å². The Morgan fingerprint density at radius 2 is 2.18 bits per heavy atom. The van der Waals surface area contributed by atoms with Crippen LogP contribution in [0.4, 0.5) is 0 Å². The van der Waals surface area contributed by atoms with Crippen molar-refractivity contribution >= 4 is 11.6 Å². The van der Waals surface area contributed by atoms with Crippen molar-refractivity contribution in [1.29, 1.82) is 0 Å². The van der Waals surface area contributed by atoms with Crippen LogP contribution in [0.3, 0.4) is 0 Å². The highest BCUT2D eigenvalue weighted by atomic mass is 35.5. The van der Waals surface area contributed by atoms with Gasteiger partial charge < -0.3 is 10.1 Å². The summed E-state index contributed by atoms with van der Waals surface area (Å²) in [6.45, 7) is 1.12. The molecule has 0 unspecified atom stereocenters. The van der Waals surface area contributed by atoms with E-state index >= 15 is 0 Å². The van der Waals surface area contributed by atoms with Gasteiger partial charge in [0.1, 0.15) is 5.75 Å². The van der Waals surface area contributed by atoms with E-state index in [0.29, 0.717) is 0 Å². The molecule has 0 amide bonds. The number of nitrogens with one attached hydrogen (secondary N) is 1. The summed E-state index contributed by atoms with van der Waals surface area (Å²) < 4.78 is 5.33. The minimum Gasteiger partial charge on any atom is -0.496 e. The Balaban J connectivity index is 1.76. The Bertz CT molecular complexity index is 363. The van der Waals surface area contributed by atoms with Gasteiger partial charge in [0.05, 0.1) is 7.11 Å². The van der Waals surface area contributed by atoms with Gasteiger partial charge in [0, 0.05) is 16.6 Å². The molecule has 94 valence electrons. The largest absolute Gasteiger partial charge is 0.496 e. The molecule has 1 fully saturated rings. The van der Waals surface area contributed by atoms with Crippen molar-refractivity contribution in [2.75, 3.05) is 13.7 Å². The molecule has 2 nitrogen and oxygen atoms in total. The first-order chi connectivity index (χ1) is 8.31. The highest BCUT2D eigenvalue weighted by molar-refractivity contribution is 6.31. The van der Waals surface area contributed by atoms with E-state index in [2.05, 4.69) is 5.32 Å². The Morgan fingerprint density at radius 3 is 2.88 bits per heavy atom. The molecule has 0 atom stereocenters. The minimum absolute atomic E-state index is 0.810. The Morgan fingerprint density at radius 1 is 1.35 bits per heavy atom. The summed E-state index contributed by atoms with van der Waals surface area (Å²) in [6, 6.07) is 6.65. The molecule has 0 heterocycles. The zero-order valence-electron chi connectivity index (χ0n) is 10.3. The molecular weight excluding hydrogens is 234 g/mol. The van der Waals surface area contributed by atoms with Crippen LogP contribution in [0.15, 0.2) is 18.2 Å². The minimum atomic E-state index is 0.810. The maximum absolute atomic E-state index is 6.19. The van der Waals surface area contributed by atoms with Gasteiger partial charge in [-0.25, -0.2) is 0 Å². The molecule has 17 heavy (non-hydrogen) atoms. The second-order valence-electron chi connectivity index (χ2n) is 4.61. The van der Waals surface area contributed by atoms with Gasteiger partial charge in [-0.3, -0.25) is 0 Å². The van der Waals surface area contributed by atoms with E-state index < -0.39 is 0 Å². The van der Waals surface area contributed by atoms with E-state index in [1.165, 1.54) is 19.3 Å². The van der Waals surface area contributed by atoms with Gasteiger partial charge in [-0.15, -0.1) is 0 Å². The van der Waals surface area contributed by atoms with Crippen LogP contribution in [0.25, 0.3) is 0 Å². The molecule has 0 saturated heterocycles. The van der Waals surface area contributed by atoms with Crippen LogP contribution in [-0.4, -0.2) is 19.7 Å². The molecule has 1 aliphatic rings. The lowest BCUT2D eigenvalue weighted by atomic mass is 10.1. The summed E-state index contributed by atoms with van der Waals surface area (Å²) in [5, 5.41) is 4.34. The Labute approximate surface area is 108 Å². The van der Waals surface area contributed by atoms with E-state index in [9.17, 15) is 0 Å². The van der Waals surface area contributed by atoms with Crippen LogP contribution in [0.1, 0.15) is 31.2 Å². The number of rotatable bonds is 7. The van der Waals surface area contributed by atoms with Gasteiger partial charge >= 0.3 is 0 Å². The monoisotopic (exact) mass is 253 g/mol. The molecule has 1 saturated carbocycles. The number of ether oxygens (including phenoxy) is 1. The van der Waals surface area contributed by atoms with E-state index in [0.717, 1.165) is 41.8 Å². The van der Waals surface area contributed by atoms with Crippen LogP contribution in [0.2, 0.25) is 5.02 Å². The van der Waals surface area contributed by atoms with Crippen molar-refractivity contribution in [3.8, 4) is 5.75 Å². The van der Waals surface area contributed by atoms with E-state index in [4.69, 9.17) is 16.3 Å². The van der Waals surface area contributed by atoms with Crippen LogP contribution >= 0.6 is 11.6 Å². The molecule has 0 spiro atoms. The number of halogens is 1. The van der Waals surface area contributed by atoms with E-state index in [-0.39, 0.29) is 0 Å². The fourth-order valence-corrected chi connectivity index (χ4v) is 2.25. The second kappa shape index (κ2) is 6.27. The Hall–Kier alpha value is -0.730. The van der Waals surface area contributed by atoms with Gasteiger partial charge in [0.15, 0.2) is 0 Å². The third-order valence-electron chi connectivity index (χ3n) is 3.16. The highest BCUT2D eigenvalue weighted by Crippen LogP contribution is 2.27.